The van der Waals surface area contributed by atoms with Gasteiger partial charge in [0.25, 0.3) is 0 Å². The molecule has 0 bridgehead atoms. The molecular weight excluding hydrogens is 372 g/mol. The van der Waals surface area contributed by atoms with E-state index in [1.54, 1.807) is 0 Å². The Bertz CT molecular complexity index is 1110. The average molecular weight is 403 g/mol. The minimum Gasteiger partial charge on any atom is -0.326 e. The summed E-state index contributed by atoms with van der Waals surface area (Å²) in [6.45, 7) is 6.41. The fraction of sp³-hybridized carbons (Fsp3) is 0.440. The van der Waals surface area contributed by atoms with E-state index >= 15 is 0 Å². The third-order valence-corrected chi connectivity index (χ3v) is 6.93. The number of hydrogen-bond acceptors (Lipinski definition) is 3. The number of aryl methyl sites for hydroxylation is 1. The van der Waals surface area contributed by atoms with Gasteiger partial charge in [0, 0.05) is 18.8 Å². The SMILES string of the molecule is CC(C)CCn1c(CN2C(=O)C3(CCC3)c3ccccc32)nc2cc(CN)ccc21. The predicted octanol–water partition coefficient (Wildman–Crippen LogP) is 4.51. The second-order valence-electron chi connectivity index (χ2n) is 9.23. The van der Waals surface area contributed by atoms with Gasteiger partial charge in [0.1, 0.15) is 5.82 Å². The fourth-order valence-corrected chi connectivity index (χ4v) is 5.02. The summed E-state index contributed by atoms with van der Waals surface area (Å²) in [5.41, 5.74) is 11.0. The molecule has 156 valence electrons. The van der Waals surface area contributed by atoms with Crippen molar-refractivity contribution in [1.29, 1.82) is 0 Å². The van der Waals surface area contributed by atoms with Crippen LogP contribution in [0.15, 0.2) is 42.5 Å². The summed E-state index contributed by atoms with van der Waals surface area (Å²) in [5.74, 6) is 1.81. The maximum absolute atomic E-state index is 13.5. The van der Waals surface area contributed by atoms with Crippen molar-refractivity contribution in [3.05, 3.63) is 59.4 Å². The van der Waals surface area contributed by atoms with Crippen molar-refractivity contribution in [2.75, 3.05) is 4.90 Å². The average Bonchev–Trinajstić information content (AvgIpc) is 3.18. The minimum atomic E-state index is -0.294. The predicted molar refractivity (Wildman–Crippen MR) is 120 cm³/mol. The van der Waals surface area contributed by atoms with Crippen LogP contribution in [0.3, 0.4) is 0 Å². The first-order chi connectivity index (χ1) is 14.5. The van der Waals surface area contributed by atoms with E-state index in [9.17, 15) is 4.79 Å². The number of imidazole rings is 1. The Morgan fingerprint density at radius 2 is 1.97 bits per heavy atom. The first-order valence-corrected chi connectivity index (χ1v) is 11.1. The van der Waals surface area contributed by atoms with Crippen LogP contribution in [0, 0.1) is 5.92 Å². The highest BCUT2D eigenvalue weighted by Crippen LogP contribution is 2.53. The third-order valence-electron chi connectivity index (χ3n) is 6.93. The molecular formula is C25H30N4O. The zero-order valence-corrected chi connectivity index (χ0v) is 17.9. The van der Waals surface area contributed by atoms with Gasteiger partial charge >= 0.3 is 0 Å². The van der Waals surface area contributed by atoms with Crippen LogP contribution in [0.25, 0.3) is 11.0 Å². The number of amides is 1. The maximum atomic E-state index is 13.5. The minimum absolute atomic E-state index is 0.250. The van der Waals surface area contributed by atoms with Crippen molar-refractivity contribution in [2.24, 2.45) is 11.7 Å². The summed E-state index contributed by atoms with van der Waals surface area (Å²) in [6, 6.07) is 14.6. The van der Waals surface area contributed by atoms with Gasteiger partial charge in [0.2, 0.25) is 5.91 Å². The number of anilines is 1. The molecule has 30 heavy (non-hydrogen) atoms. The standard InChI is InChI=1S/C25H30N4O/c1-17(2)10-13-28-22-9-8-18(15-26)14-20(22)27-23(28)16-29-21-7-4-3-6-19(21)25(24(29)30)11-5-12-25/h3-4,6-9,14,17H,5,10-13,15-16,26H2,1-2H3. The number of aromatic nitrogens is 2. The maximum Gasteiger partial charge on any atom is 0.238 e. The Labute approximate surface area is 177 Å². The van der Waals surface area contributed by atoms with Crippen molar-refractivity contribution >= 4 is 22.6 Å². The second-order valence-corrected chi connectivity index (χ2v) is 9.23. The van der Waals surface area contributed by atoms with E-state index in [0.29, 0.717) is 19.0 Å². The molecule has 3 aromatic rings. The molecule has 0 saturated heterocycles. The van der Waals surface area contributed by atoms with Crippen LogP contribution in [0.4, 0.5) is 5.69 Å². The summed E-state index contributed by atoms with van der Waals surface area (Å²) < 4.78 is 2.30. The van der Waals surface area contributed by atoms with Crippen molar-refractivity contribution in [1.82, 2.24) is 9.55 Å². The van der Waals surface area contributed by atoms with Gasteiger partial charge in [0.15, 0.2) is 0 Å². The Morgan fingerprint density at radius 1 is 1.17 bits per heavy atom. The quantitative estimate of drug-likeness (QED) is 0.660. The van der Waals surface area contributed by atoms with E-state index in [0.717, 1.165) is 60.3 Å². The number of fused-ring (bicyclic) bond motifs is 3. The molecule has 1 aromatic heterocycles. The molecule has 1 aliphatic heterocycles. The topological polar surface area (TPSA) is 64.2 Å². The van der Waals surface area contributed by atoms with Gasteiger partial charge in [-0.05, 0) is 54.5 Å². The van der Waals surface area contributed by atoms with E-state index in [-0.39, 0.29) is 11.3 Å². The van der Waals surface area contributed by atoms with Gasteiger partial charge in [0.05, 0.1) is 23.0 Å². The lowest BCUT2D eigenvalue weighted by molar-refractivity contribution is -0.126. The number of nitrogens with two attached hydrogens (primary N) is 1. The van der Waals surface area contributed by atoms with Crippen LogP contribution in [-0.4, -0.2) is 15.5 Å². The highest BCUT2D eigenvalue weighted by Gasteiger charge is 2.54. The number of carbonyl (C=O) groups is 1. The van der Waals surface area contributed by atoms with E-state index < -0.39 is 0 Å². The van der Waals surface area contributed by atoms with Crippen LogP contribution in [0.1, 0.15) is 56.5 Å². The molecule has 5 rings (SSSR count). The lowest BCUT2D eigenvalue weighted by atomic mass is 9.65. The smallest absolute Gasteiger partial charge is 0.238 e. The normalized spacial score (nSPS) is 17.2. The number of benzene rings is 2. The van der Waals surface area contributed by atoms with E-state index in [4.69, 9.17) is 10.7 Å². The first kappa shape index (κ1) is 19.3. The molecule has 0 unspecified atom stereocenters. The molecule has 0 radical (unpaired) electrons. The van der Waals surface area contributed by atoms with Crippen LogP contribution < -0.4 is 10.6 Å². The zero-order valence-electron chi connectivity index (χ0n) is 17.9. The number of hydrogen-bond donors (Lipinski definition) is 1. The summed E-state index contributed by atoms with van der Waals surface area (Å²) >= 11 is 0. The van der Waals surface area contributed by atoms with Gasteiger partial charge in [-0.25, -0.2) is 4.98 Å². The van der Waals surface area contributed by atoms with Gasteiger partial charge in [-0.1, -0.05) is 44.5 Å². The Morgan fingerprint density at radius 3 is 2.67 bits per heavy atom. The van der Waals surface area contributed by atoms with Crippen molar-refractivity contribution in [3.8, 4) is 0 Å². The molecule has 0 atom stereocenters. The van der Waals surface area contributed by atoms with Crippen molar-refractivity contribution in [2.45, 2.75) is 64.6 Å². The van der Waals surface area contributed by atoms with Crippen LogP contribution in [0.2, 0.25) is 0 Å². The largest absolute Gasteiger partial charge is 0.326 e. The first-order valence-electron chi connectivity index (χ1n) is 11.1. The van der Waals surface area contributed by atoms with Gasteiger partial charge in [-0.3, -0.25) is 4.79 Å². The Balaban J connectivity index is 1.56. The highest BCUT2D eigenvalue weighted by molar-refractivity contribution is 6.08. The van der Waals surface area contributed by atoms with E-state index in [2.05, 4.69) is 54.8 Å². The molecule has 2 heterocycles. The number of nitrogens with zero attached hydrogens (tertiary/aromatic N) is 3. The number of para-hydroxylation sites is 1. The molecule has 1 fully saturated rings. The monoisotopic (exact) mass is 402 g/mol. The van der Waals surface area contributed by atoms with Crippen LogP contribution in [-0.2, 0) is 29.8 Å². The molecule has 1 saturated carbocycles. The third kappa shape index (κ3) is 2.87. The van der Waals surface area contributed by atoms with Gasteiger partial charge < -0.3 is 15.2 Å². The van der Waals surface area contributed by atoms with E-state index in [1.165, 1.54) is 5.56 Å². The van der Waals surface area contributed by atoms with Crippen molar-refractivity contribution in [3.63, 3.8) is 0 Å². The molecule has 2 aromatic carbocycles. The molecule has 1 spiro atoms. The summed E-state index contributed by atoms with van der Waals surface area (Å²) in [5, 5.41) is 0. The van der Waals surface area contributed by atoms with Gasteiger partial charge in [-0.2, -0.15) is 0 Å². The summed E-state index contributed by atoms with van der Waals surface area (Å²) in [7, 11) is 0. The molecule has 2 N–H and O–H groups in total. The molecule has 5 nitrogen and oxygen atoms in total. The lowest BCUT2D eigenvalue weighted by Gasteiger charge is -2.37. The summed E-state index contributed by atoms with van der Waals surface area (Å²) in [6.07, 6.45) is 4.13. The second kappa shape index (κ2) is 7.24. The lowest BCUT2D eigenvalue weighted by Crippen LogP contribution is -2.45. The number of rotatable bonds is 6. The fourth-order valence-electron chi connectivity index (χ4n) is 5.02. The molecule has 1 aliphatic carbocycles. The van der Waals surface area contributed by atoms with E-state index in [1.807, 2.05) is 11.0 Å². The Hall–Kier alpha value is -2.66. The molecule has 1 amide bonds. The molecule has 2 aliphatic rings. The van der Waals surface area contributed by atoms with Crippen molar-refractivity contribution < 1.29 is 4.79 Å². The van der Waals surface area contributed by atoms with Crippen LogP contribution in [0.5, 0.6) is 0 Å². The van der Waals surface area contributed by atoms with Crippen LogP contribution >= 0.6 is 0 Å². The summed E-state index contributed by atoms with van der Waals surface area (Å²) in [4.78, 5) is 20.5. The Kier molecular flexibility index (Phi) is 4.66. The molecule has 5 heteroatoms. The highest BCUT2D eigenvalue weighted by atomic mass is 16.2. The van der Waals surface area contributed by atoms with Gasteiger partial charge in [-0.15, -0.1) is 0 Å². The number of carbonyl (C=O) groups excluding carboxylic acids is 1. The zero-order chi connectivity index (χ0) is 20.9.